The summed E-state index contributed by atoms with van der Waals surface area (Å²) in [6.45, 7) is 8.43. The third-order valence-electron chi connectivity index (χ3n) is 3.54. The molecule has 1 unspecified atom stereocenters. The van der Waals surface area contributed by atoms with E-state index < -0.39 is 0 Å². The summed E-state index contributed by atoms with van der Waals surface area (Å²) >= 11 is 6.10. The molecule has 0 heterocycles. The Morgan fingerprint density at radius 2 is 2.00 bits per heavy atom. The molecule has 1 aromatic rings. The summed E-state index contributed by atoms with van der Waals surface area (Å²) in [6.07, 6.45) is 3.75. The molecule has 0 radical (unpaired) electrons. The van der Waals surface area contributed by atoms with Crippen molar-refractivity contribution in [3.8, 4) is 0 Å². The van der Waals surface area contributed by atoms with Crippen molar-refractivity contribution in [3.63, 3.8) is 0 Å². The zero-order valence-electron chi connectivity index (χ0n) is 12.4. The van der Waals surface area contributed by atoms with Gasteiger partial charge >= 0.3 is 0 Å². The van der Waals surface area contributed by atoms with Gasteiger partial charge in [-0.2, -0.15) is 0 Å². The molecular weight excluding hydrogens is 256 g/mol. The van der Waals surface area contributed by atoms with Crippen molar-refractivity contribution in [2.45, 2.75) is 52.1 Å². The number of benzene rings is 1. The molecule has 0 fully saturated rings. The summed E-state index contributed by atoms with van der Waals surface area (Å²) in [5.74, 6) is 0. The maximum Gasteiger partial charge on any atom is 0.0473 e. The molecule has 0 spiro atoms. The molecule has 0 aliphatic carbocycles. The highest BCUT2D eigenvalue weighted by Gasteiger charge is 2.21. The molecule has 0 saturated heterocycles. The predicted molar refractivity (Wildman–Crippen MR) is 84.6 cm³/mol. The van der Waals surface area contributed by atoms with Crippen LogP contribution in [0, 0.1) is 0 Å². The standard InChI is InChI=1S/C16H27ClN2/c1-4-5-6-10-19(13(2)3)16(12-18)14-8-7-9-15(17)11-14/h7-9,11,13,16H,4-6,10,12,18H2,1-3H3. The van der Waals surface area contributed by atoms with E-state index in [-0.39, 0.29) is 6.04 Å². The molecule has 3 heteroatoms. The normalized spacial score (nSPS) is 13.2. The molecule has 1 atom stereocenters. The van der Waals surface area contributed by atoms with Gasteiger partial charge in [-0.15, -0.1) is 0 Å². The Bertz CT molecular complexity index is 366. The highest BCUT2D eigenvalue weighted by Crippen LogP contribution is 2.25. The predicted octanol–water partition coefficient (Wildman–Crippen LogP) is 4.24. The van der Waals surface area contributed by atoms with Crippen molar-refractivity contribution in [2.24, 2.45) is 5.73 Å². The minimum Gasteiger partial charge on any atom is -0.329 e. The first kappa shape index (κ1) is 16.5. The van der Waals surface area contributed by atoms with E-state index in [1.165, 1.54) is 24.8 Å². The van der Waals surface area contributed by atoms with Gasteiger partial charge in [0.15, 0.2) is 0 Å². The lowest BCUT2D eigenvalue weighted by molar-refractivity contribution is 0.154. The second kappa shape index (κ2) is 8.57. The van der Waals surface area contributed by atoms with Crippen LogP contribution in [0.3, 0.4) is 0 Å². The van der Waals surface area contributed by atoms with Gasteiger partial charge in [-0.05, 0) is 44.5 Å². The van der Waals surface area contributed by atoms with E-state index >= 15 is 0 Å². The molecule has 108 valence electrons. The van der Waals surface area contributed by atoms with Crippen molar-refractivity contribution in [1.82, 2.24) is 4.90 Å². The van der Waals surface area contributed by atoms with Gasteiger partial charge in [0.1, 0.15) is 0 Å². The van der Waals surface area contributed by atoms with Gasteiger partial charge in [-0.25, -0.2) is 0 Å². The Kier molecular flexibility index (Phi) is 7.44. The number of halogens is 1. The Morgan fingerprint density at radius 3 is 2.53 bits per heavy atom. The Morgan fingerprint density at radius 1 is 1.26 bits per heavy atom. The number of nitrogens with zero attached hydrogens (tertiary/aromatic N) is 1. The van der Waals surface area contributed by atoms with Crippen LogP contribution < -0.4 is 5.73 Å². The maximum absolute atomic E-state index is 6.10. The monoisotopic (exact) mass is 282 g/mol. The molecule has 1 aromatic carbocycles. The van der Waals surface area contributed by atoms with Gasteiger partial charge in [-0.1, -0.05) is 43.5 Å². The van der Waals surface area contributed by atoms with E-state index in [9.17, 15) is 0 Å². The average Bonchev–Trinajstić information content (AvgIpc) is 2.38. The molecule has 0 bridgehead atoms. The molecule has 0 aliphatic heterocycles. The Balaban J connectivity index is 2.83. The highest BCUT2D eigenvalue weighted by molar-refractivity contribution is 6.30. The molecule has 2 nitrogen and oxygen atoms in total. The maximum atomic E-state index is 6.10. The van der Waals surface area contributed by atoms with Gasteiger partial charge in [0.05, 0.1) is 0 Å². The third kappa shape index (κ3) is 5.13. The molecule has 0 saturated carbocycles. The van der Waals surface area contributed by atoms with Crippen molar-refractivity contribution in [2.75, 3.05) is 13.1 Å². The smallest absolute Gasteiger partial charge is 0.0473 e. The van der Waals surface area contributed by atoms with E-state index in [1.807, 2.05) is 18.2 Å². The highest BCUT2D eigenvalue weighted by atomic mass is 35.5. The zero-order valence-corrected chi connectivity index (χ0v) is 13.2. The third-order valence-corrected chi connectivity index (χ3v) is 3.78. The molecule has 0 aliphatic rings. The van der Waals surface area contributed by atoms with Gasteiger partial charge in [0, 0.05) is 23.7 Å². The number of hydrogen-bond donors (Lipinski definition) is 1. The fraction of sp³-hybridized carbons (Fsp3) is 0.625. The Hall–Kier alpha value is -0.570. The zero-order chi connectivity index (χ0) is 14.3. The van der Waals surface area contributed by atoms with Crippen molar-refractivity contribution in [3.05, 3.63) is 34.9 Å². The van der Waals surface area contributed by atoms with Crippen molar-refractivity contribution < 1.29 is 0 Å². The first-order chi connectivity index (χ1) is 9.10. The van der Waals surface area contributed by atoms with Gasteiger partial charge in [0.25, 0.3) is 0 Å². The Labute approximate surface area is 122 Å². The molecule has 19 heavy (non-hydrogen) atoms. The summed E-state index contributed by atoms with van der Waals surface area (Å²) in [4.78, 5) is 2.49. The molecule has 2 N–H and O–H groups in total. The number of unbranched alkanes of at least 4 members (excludes halogenated alkanes) is 2. The quantitative estimate of drug-likeness (QED) is 0.723. The molecule has 0 aromatic heterocycles. The number of rotatable bonds is 8. The SMILES string of the molecule is CCCCCN(C(C)C)C(CN)c1cccc(Cl)c1. The fourth-order valence-electron chi connectivity index (χ4n) is 2.50. The van der Waals surface area contributed by atoms with Crippen molar-refractivity contribution in [1.29, 1.82) is 0 Å². The minimum atomic E-state index is 0.260. The summed E-state index contributed by atoms with van der Waals surface area (Å²) in [7, 11) is 0. The van der Waals surface area contributed by atoms with Crippen LogP contribution in [0.5, 0.6) is 0 Å². The molecular formula is C16H27ClN2. The minimum absolute atomic E-state index is 0.260. The van der Waals surface area contributed by atoms with Crippen LogP contribution in [-0.4, -0.2) is 24.0 Å². The van der Waals surface area contributed by atoms with E-state index in [0.717, 1.165) is 11.6 Å². The van der Waals surface area contributed by atoms with E-state index in [2.05, 4.69) is 31.7 Å². The summed E-state index contributed by atoms with van der Waals surface area (Å²) < 4.78 is 0. The van der Waals surface area contributed by atoms with E-state index in [1.54, 1.807) is 0 Å². The van der Waals surface area contributed by atoms with E-state index in [0.29, 0.717) is 12.6 Å². The second-order valence-electron chi connectivity index (χ2n) is 5.35. The first-order valence-electron chi connectivity index (χ1n) is 7.31. The lowest BCUT2D eigenvalue weighted by Crippen LogP contribution is -2.39. The van der Waals surface area contributed by atoms with Crippen LogP contribution in [0.15, 0.2) is 24.3 Å². The van der Waals surface area contributed by atoms with Crippen LogP contribution in [0.4, 0.5) is 0 Å². The molecule has 0 amide bonds. The van der Waals surface area contributed by atoms with Gasteiger partial charge in [0.2, 0.25) is 0 Å². The second-order valence-corrected chi connectivity index (χ2v) is 5.78. The van der Waals surface area contributed by atoms with Crippen LogP contribution in [0.2, 0.25) is 5.02 Å². The number of nitrogens with two attached hydrogens (primary N) is 1. The van der Waals surface area contributed by atoms with Gasteiger partial charge in [-0.3, -0.25) is 4.90 Å². The van der Waals surface area contributed by atoms with E-state index in [4.69, 9.17) is 17.3 Å². The summed E-state index contributed by atoms with van der Waals surface area (Å²) in [5, 5.41) is 0.785. The number of hydrogen-bond acceptors (Lipinski definition) is 2. The van der Waals surface area contributed by atoms with Gasteiger partial charge < -0.3 is 5.73 Å². The molecule has 1 rings (SSSR count). The van der Waals surface area contributed by atoms with Crippen molar-refractivity contribution >= 4 is 11.6 Å². The lowest BCUT2D eigenvalue weighted by Gasteiger charge is -2.34. The first-order valence-corrected chi connectivity index (χ1v) is 7.69. The summed E-state index contributed by atoms with van der Waals surface area (Å²) in [6, 6.07) is 8.83. The lowest BCUT2D eigenvalue weighted by atomic mass is 10.0. The average molecular weight is 283 g/mol. The largest absolute Gasteiger partial charge is 0.329 e. The fourth-order valence-corrected chi connectivity index (χ4v) is 2.69. The van der Waals surface area contributed by atoms with Crippen LogP contribution in [-0.2, 0) is 0 Å². The van der Waals surface area contributed by atoms with Crippen LogP contribution in [0.1, 0.15) is 51.6 Å². The topological polar surface area (TPSA) is 29.3 Å². The summed E-state index contributed by atoms with van der Waals surface area (Å²) in [5.41, 5.74) is 7.24. The van der Waals surface area contributed by atoms with Crippen LogP contribution >= 0.6 is 11.6 Å². The van der Waals surface area contributed by atoms with Crippen LogP contribution in [0.25, 0.3) is 0 Å².